The number of nitrogens with two attached hydrogens (primary N) is 3. The highest BCUT2D eigenvalue weighted by molar-refractivity contribution is 7.86. The fourth-order valence-electron chi connectivity index (χ4n) is 10.7. The summed E-state index contributed by atoms with van der Waals surface area (Å²) in [6.45, 7) is 9.49. The fraction of sp³-hybridized carbons (Fsp3) is 0.761. The Hall–Kier alpha value is -3.51. The molecule has 0 saturated carbocycles. The van der Waals surface area contributed by atoms with Crippen molar-refractivity contribution < 1.29 is 40.9 Å². The maximum atomic E-state index is 11.6. The van der Waals surface area contributed by atoms with Crippen molar-refractivity contribution in [1.29, 1.82) is 0 Å². The average Bonchev–Trinajstić information content (AvgIpc) is 1.36. The number of nitrogens with zero attached hydrogens (tertiary/aromatic N) is 2. The molecule has 0 atom stereocenters. The molecule has 0 fully saturated rings. The highest BCUT2D eigenvalue weighted by atomic mass is 32.2. The number of aromatic carboxylic acids is 1. The van der Waals surface area contributed by atoms with Gasteiger partial charge in [-0.3, -0.25) is 9.11 Å². The minimum atomic E-state index is -4.86. The molecule has 0 unspecified atom stereocenters. The number of azo groups is 1. The van der Waals surface area contributed by atoms with Gasteiger partial charge in [0.1, 0.15) is 21.8 Å². The van der Waals surface area contributed by atoms with Crippen molar-refractivity contribution in [2.24, 2.45) is 27.4 Å². The number of rotatable bonds is 53. The number of fused-ring (bicyclic) bond motifs is 1. The van der Waals surface area contributed by atoms with Gasteiger partial charge in [0.15, 0.2) is 5.75 Å². The first-order valence-corrected chi connectivity index (χ1v) is 38.1. The first-order valence-electron chi connectivity index (χ1n) is 35.2. The van der Waals surface area contributed by atoms with Crippen molar-refractivity contribution >= 4 is 48.4 Å². The molecule has 0 saturated heterocycles. The Bertz CT molecular complexity index is 2210. The van der Waals surface area contributed by atoms with Gasteiger partial charge in [-0.05, 0) is 68.5 Å². The van der Waals surface area contributed by atoms with E-state index < -0.39 is 53.0 Å². The molecule has 0 aliphatic carbocycles. The molecule has 0 spiro atoms. The van der Waals surface area contributed by atoms with Gasteiger partial charge in [-0.15, -0.1) is 10.2 Å². The van der Waals surface area contributed by atoms with E-state index in [0.29, 0.717) is 17.5 Å². The number of hydrogen-bond donors (Lipinski definition) is 7. The molecular formula is C71H129N5O9S2. The number of carboxylic acids is 1. The van der Waals surface area contributed by atoms with Crippen molar-refractivity contribution in [3.05, 3.63) is 54.1 Å². The molecule has 0 bridgehead atoms. The van der Waals surface area contributed by atoms with Gasteiger partial charge < -0.3 is 27.4 Å². The minimum Gasteiger partial charge on any atom is -0.505 e. The summed E-state index contributed by atoms with van der Waals surface area (Å²) in [6.07, 6.45) is 68.6. The highest BCUT2D eigenvalue weighted by Gasteiger charge is 2.22. The van der Waals surface area contributed by atoms with Crippen molar-refractivity contribution in [3.8, 4) is 5.75 Å². The highest BCUT2D eigenvalue weighted by Crippen LogP contribution is 2.40. The third-order valence-corrected chi connectivity index (χ3v) is 17.9. The molecule has 0 heterocycles. The number of hydrogen-bond acceptors (Lipinski definition) is 11. The van der Waals surface area contributed by atoms with Gasteiger partial charge in [0.25, 0.3) is 20.2 Å². The molecule has 0 amide bonds. The van der Waals surface area contributed by atoms with Crippen LogP contribution in [-0.2, 0) is 20.2 Å². The van der Waals surface area contributed by atoms with Gasteiger partial charge >= 0.3 is 5.97 Å². The molecule has 0 aliphatic heterocycles. The van der Waals surface area contributed by atoms with Crippen LogP contribution in [0.4, 0.5) is 11.4 Å². The molecule has 3 aromatic carbocycles. The van der Waals surface area contributed by atoms with E-state index >= 15 is 0 Å². The summed E-state index contributed by atoms with van der Waals surface area (Å²) in [6, 6.07) is 9.49. The van der Waals surface area contributed by atoms with E-state index in [0.717, 1.165) is 25.7 Å². The predicted octanol–water partition coefficient (Wildman–Crippen LogP) is 21.8. The van der Waals surface area contributed by atoms with Crippen LogP contribution < -0.4 is 17.2 Å². The van der Waals surface area contributed by atoms with Crippen LogP contribution >= 0.6 is 0 Å². The first kappa shape index (κ1) is 83.5. The average molecular weight is 1260 g/mol. The van der Waals surface area contributed by atoms with Gasteiger partial charge in [-0.1, -0.05) is 334 Å². The lowest BCUT2D eigenvalue weighted by atomic mass is 10.0. The molecule has 0 aliphatic rings. The van der Waals surface area contributed by atoms with E-state index in [-0.39, 0.29) is 11.1 Å². The van der Waals surface area contributed by atoms with Crippen LogP contribution in [0, 0.1) is 0 Å². The summed E-state index contributed by atoms with van der Waals surface area (Å²) in [5.41, 5.74) is 15.0. The van der Waals surface area contributed by atoms with Gasteiger partial charge in [-0.2, -0.15) is 16.8 Å². The topological polar surface area (TPSA) is 269 Å². The lowest BCUT2D eigenvalue weighted by molar-refractivity contribution is 0.0693. The summed E-state index contributed by atoms with van der Waals surface area (Å²) in [4.78, 5) is 9.85. The zero-order chi connectivity index (χ0) is 64.3. The van der Waals surface area contributed by atoms with Gasteiger partial charge in [0.05, 0.1) is 4.90 Å². The molecule has 14 nitrogen and oxygen atoms in total. The SMILES string of the molecule is CCCCCCCCCCCCCCCCCCN.CCCCCCCCCCCCCCCCCCN.CCCCCCCCCCCCCCCCCCN.O=C(O)c1cc2ccccc2c(N=Nc2cc(S(=O)(=O)O)ccc2S(=O)(=O)O)c1O. The Morgan fingerprint density at radius 1 is 0.391 bits per heavy atom. The monoisotopic (exact) mass is 1260 g/mol. The molecule has 10 N–H and O–H groups in total. The molecule has 87 heavy (non-hydrogen) atoms. The van der Waals surface area contributed by atoms with Crippen LogP contribution in [0.25, 0.3) is 10.8 Å². The van der Waals surface area contributed by atoms with E-state index in [9.17, 15) is 36.4 Å². The standard InChI is InChI=1S/3C18H39N.C17H12N2O9S2/c3*1-2-3-4-5-6-7-8-9-10-11-12-13-14-15-16-17-18-19;20-16-12(17(21)22)7-9-3-1-2-4-11(9)15(16)19-18-13-8-10(29(23,24)25)5-6-14(13)30(26,27)28/h3*2-19H2,1H3;1-8,20H,(H,21,22)(H,23,24,25)(H,26,27,28). The van der Waals surface area contributed by atoms with E-state index in [4.69, 9.17) is 21.8 Å². The van der Waals surface area contributed by atoms with Crippen molar-refractivity contribution in [1.82, 2.24) is 0 Å². The maximum absolute atomic E-state index is 11.6. The van der Waals surface area contributed by atoms with Crippen molar-refractivity contribution in [2.75, 3.05) is 19.6 Å². The largest absolute Gasteiger partial charge is 0.505 e. The normalized spacial score (nSPS) is 11.5. The van der Waals surface area contributed by atoms with E-state index in [1.807, 2.05) is 0 Å². The van der Waals surface area contributed by atoms with Crippen LogP contribution in [0.2, 0.25) is 0 Å². The summed E-state index contributed by atoms with van der Waals surface area (Å²) in [7, 11) is -9.60. The lowest BCUT2D eigenvalue weighted by Crippen LogP contribution is -2.02. The van der Waals surface area contributed by atoms with E-state index in [1.165, 1.54) is 320 Å². The molecule has 0 aromatic heterocycles. The Labute approximate surface area is 532 Å². The molecule has 3 rings (SSSR count). The van der Waals surface area contributed by atoms with Crippen LogP contribution in [-0.4, -0.2) is 61.8 Å². The second kappa shape index (κ2) is 58.8. The summed E-state index contributed by atoms with van der Waals surface area (Å²) >= 11 is 0. The lowest BCUT2D eigenvalue weighted by Gasteiger charge is -2.08. The van der Waals surface area contributed by atoms with Crippen LogP contribution in [0.15, 0.2) is 68.6 Å². The third-order valence-electron chi connectivity index (χ3n) is 16.2. The number of benzene rings is 3. The number of aromatic hydroxyl groups is 1. The number of carbonyl (C=O) groups is 1. The first-order chi connectivity index (χ1) is 42.1. The number of carboxylic acid groups (broad SMARTS) is 1. The zero-order valence-corrected chi connectivity index (χ0v) is 57.1. The smallest absolute Gasteiger partial charge is 0.339 e. The summed E-state index contributed by atoms with van der Waals surface area (Å²) < 4.78 is 64.3. The molecule has 16 heteroatoms. The Morgan fingerprint density at radius 2 is 0.678 bits per heavy atom. The molecule has 0 radical (unpaired) electrons. The van der Waals surface area contributed by atoms with Crippen LogP contribution in [0.5, 0.6) is 5.75 Å². The van der Waals surface area contributed by atoms with Gasteiger partial charge in [-0.25, -0.2) is 4.79 Å². The zero-order valence-electron chi connectivity index (χ0n) is 55.5. The molecule has 3 aromatic rings. The van der Waals surface area contributed by atoms with E-state index in [1.54, 1.807) is 18.2 Å². The minimum absolute atomic E-state index is 0.267. The van der Waals surface area contributed by atoms with Crippen LogP contribution in [0.3, 0.4) is 0 Å². The fourth-order valence-corrected chi connectivity index (χ4v) is 11.8. The van der Waals surface area contributed by atoms with Crippen molar-refractivity contribution in [2.45, 2.75) is 339 Å². The second-order valence-electron chi connectivity index (χ2n) is 24.2. The van der Waals surface area contributed by atoms with Gasteiger partial charge in [0.2, 0.25) is 0 Å². The summed E-state index contributed by atoms with van der Waals surface area (Å²) in [5.74, 6) is -2.22. The molecule has 504 valence electrons. The Kier molecular flexibility index (Phi) is 56.5. The second-order valence-corrected chi connectivity index (χ2v) is 27.0. The third kappa shape index (κ3) is 48.0. The van der Waals surface area contributed by atoms with E-state index in [2.05, 4.69) is 31.0 Å². The molecular weight excluding hydrogens is 1130 g/mol. The quantitative estimate of drug-likeness (QED) is 0.0158. The Balaban J connectivity index is 0.00000117. The summed E-state index contributed by atoms with van der Waals surface area (Å²) in [5, 5.41) is 27.5. The van der Waals surface area contributed by atoms with Crippen LogP contribution in [0.1, 0.15) is 339 Å². The predicted molar refractivity (Wildman–Crippen MR) is 369 cm³/mol. The Morgan fingerprint density at radius 3 is 0.943 bits per heavy atom. The number of unbranched alkanes of at least 4 members (excludes halogenated alkanes) is 45. The number of phenols is 1. The maximum Gasteiger partial charge on any atom is 0.339 e. The van der Waals surface area contributed by atoms with Crippen molar-refractivity contribution in [3.63, 3.8) is 0 Å². The van der Waals surface area contributed by atoms with Gasteiger partial charge in [0, 0.05) is 5.39 Å².